The lowest BCUT2D eigenvalue weighted by atomic mass is 9.94. The van der Waals surface area contributed by atoms with Gasteiger partial charge in [-0.3, -0.25) is 25.1 Å². The number of hydrogen-bond donors (Lipinski definition) is 4. The second kappa shape index (κ2) is 20.6. The molecule has 15 nitrogen and oxygen atoms in total. The van der Waals surface area contributed by atoms with Gasteiger partial charge in [-0.15, -0.1) is 12.4 Å². The van der Waals surface area contributed by atoms with E-state index < -0.39 is 42.1 Å². The number of ether oxygens (including phenoxy) is 5. The largest absolute Gasteiger partial charge is 0.496 e. The molecule has 3 amide bonds. The molecule has 2 aromatic carbocycles. The molecule has 0 saturated heterocycles. The van der Waals surface area contributed by atoms with Gasteiger partial charge < -0.3 is 34.3 Å². The van der Waals surface area contributed by atoms with E-state index in [0.29, 0.717) is 41.6 Å². The number of esters is 2. The zero-order valence-electron chi connectivity index (χ0n) is 31.3. The fraction of sp³-hybridized carbons (Fsp3) is 0.359. The van der Waals surface area contributed by atoms with Crippen LogP contribution >= 0.6 is 12.4 Å². The molecule has 1 heterocycles. The normalized spacial score (nSPS) is 12.3. The van der Waals surface area contributed by atoms with Crippen LogP contribution in [0.25, 0.3) is 17.2 Å². The van der Waals surface area contributed by atoms with Crippen LogP contribution in [0.5, 0.6) is 5.75 Å². The first-order chi connectivity index (χ1) is 25.8. The Morgan fingerprint density at radius 3 is 2.29 bits per heavy atom. The van der Waals surface area contributed by atoms with Gasteiger partial charge in [0.15, 0.2) is 5.69 Å². The Balaban J connectivity index is 0.00000812. The Hall–Kier alpha value is -5.80. The van der Waals surface area contributed by atoms with Crippen molar-refractivity contribution in [1.29, 1.82) is 5.41 Å². The summed E-state index contributed by atoms with van der Waals surface area (Å²) in [4.78, 5) is 69.4. The topological polar surface area (TPSA) is 204 Å². The Morgan fingerprint density at radius 2 is 1.67 bits per heavy atom. The van der Waals surface area contributed by atoms with Crippen LogP contribution in [-0.2, 0) is 23.7 Å². The van der Waals surface area contributed by atoms with Crippen molar-refractivity contribution < 1.29 is 47.7 Å². The van der Waals surface area contributed by atoms with Crippen LogP contribution in [-0.4, -0.2) is 80.4 Å². The zero-order chi connectivity index (χ0) is 39.4. The highest BCUT2D eigenvalue weighted by atomic mass is 35.5. The molecule has 0 aliphatic heterocycles. The summed E-state index contributed by atoms with van der Waals surface area (Å²) in [5, 5.41) is 16.2. The molecule has 4 N–H and O–H groups in total. The summed E-state index contributed by atoms with van der Waals surface area (Å²) in [5.41, 5.74) is 1.21. The molecule has 1 atom stereocenters. The van der Waals surface area contributed by atoms with E-state index in [1.165, 1.54) is 50.4 Å². The molecule has 0 spiro atoms. The van der Waals surface area contributed by atoms with Gasteiger partial charge in [-0.05, 0) is 74.2 Å². The number of amides is 3. The van der Waals surface area contributed by atoms with E-state index in [1.54, 1.807) is 32.0 Å². The molecule has 0 radical (unpaired) electrons. The second-order valence-electron chi connectivity index (χ2n) is 12.5. The van der Waals surface area contributed by atoms with E-state index in [2.05, 4.69) is 27.5 Å². The maximum absolute atomic E-state index is 14.0. The Kier molecular flexibility index (Phi) is 16.3. The standard InChI is InChI=1S/C39H45N5O10.ClH/c1-7-25-19-30(35(45)42-27-13-11-26(12-14-27)34(40)44-39(49)52-18-17-51-8-2)29(20-32(25)50-6)28-15-16-31(36(46)41-21-24-9-10-24)43-33(28)38(48)54-23(5)53-37(47)22(3)4;/h7,11-16,19-20,22-24H,1,8-10,17-18,21H2,2-6H3,(H,41,46)(H,42,45)(H2,40,44,49);1H. The molecular formula is C39H46ClN5O10. The molecular weight excluding hydrogens is 734 g/mol. The average molecular weight is 780 g/mol. The van der Waals surface area contributed by atoms with Gasteiger partial charge in [0.05, 0.1) is 19.6 Å². The molecule has 294 valence electrons. The average Bonchev–Trinajstić information content (AvgIpc) is 3.99. The highest BCUT2D eigenvalue weighted by Crippen LogP contribution is 2.35. The summed E-state index contributed by atoms with van der Waals surface area (Å²) >= 11 is 0. The molecule has 1 unspecified atom stereocenters. The molecule has 4 rings (SSSR count). The van der Waals surface area contributed by atoms with Crippen LogP contribution in [0.1, 0.15) is 83.0 Å². The number of carbonyl (C=O) groups excluding carboxylic acids is 5. The summed E-state index contributed by atoms with van der Waals surface area (Å²) in [6, 6.07) is 12.1. The van der Waals surface area contributed by atoms with Crippen molar-refractivity contribution in [1.82, 2.24) is 15.6 Å². The number of amidine groups is 1. The molecule has 3 aromatic rings. The quantitative estimate of drug-likeness (QED) is 0.0411. The maximum Gasteiger partial charge on any atom is 0.412 e. The van der Waals surface area contributed by atoms with Crippen LogP contribution < -0.4 is 20.7 Å². The number of carbonyl (C=O) groups is 5. The van der Waals surface area contributed by atoms with Crippen molar-refractivity contribution in [3.63, 3.8) is 0 Å². The van der Waals surface area contributed by atoms with Crippen LogP contribution in [0.3, 0.4) is 0 Å². The predicted octanol–water partition coefficient (Wildman–Crippen LogP) is 6.00. The minimum Gasteiger partial charge on any atom is -0.496 e. The number of hydrogen-bond acceptors (Lipinski definition) is 12. The first-order valence-corrected chi connectivity index (χ1v) is 17.4. The third kappa shape index (κ3) is 12.4. The van der Waals surface area contributed by atoms with Gasteiger partial charge in [0.2, 0.25) is 6.29 Å². The number of methoxy groups -OCH3 is 1. The fourth-order valence-corrected chi connectivity index (χ4v) is 4.95. The van der Waals surface area contributed by atoms with Gasteiger partial charge in [-0.25, -0.2) is 14.6 Å². The number of rotatable bonds is 17. The lowest BCUT2D eigenvalue weighted by molar-refractivity contribution is -0.169. The van der Waals surface area contributed by atoms with Crippen LogP contribution in [0, 0.1) is 17.2 Å². The van der Waals surface area contributed by atoms with Gasteiger partial charge in [0.25, 0.3) is 11.8 Å². The molecule has 55 heavy (non-hydrogen) atoms. The van der Waals surface area contributed by atoms with Crippen molar-refractivity contribution in [3.8, 4) is 16.9 Å². The maximum atomic E-state index is 14.0. The third-order valence-electron chi connectivity index (χ3n) is 8.04. The number of nitrogens with one attached hydrogen (secondary N) is 4. The van der Waals surface area contributed by atoms with E-state index in [9.17, 15) is 24.0 Å². The lowest BCUT2D eigenvalue weighted by Crippen LogP contribution is -2.31. The van der Waals surface area contributed by atoms with Crippen LogP contribution in [0.4, 0.5) is 10.5 Å². The molecule has 0 bridgehead atoms. The lowest BCUT2D eigenvalue weighted by Gasteiger charge is -2.19. The van der Waals surface area contributed by atoms with Crippen molar-refractivity contribution >= 4 is 59.9 Å². The SMILES string of the molecule is C=Cc1cc(C(=O)Nc2ccc(C(=N)NC(=O)OCCOCC)cc2)c(-c2ccc(C(=O)NCC3CC3)nc2C(=O)OC(C)OC(=O)C(C)C)cc1OC.Cl. The van der Waals surface area contributed by atoms with Gasteiger partial charge in [0, 0.05) is 53.6 Å². The Bertz CT molecular complexity index is 1900. The third-order valence-corrected chi connectivity index (χ3v) is 8.04. The van der Waals surface area contributed by atoms with E-state index in [0.717, 1.165) is 12.8 Å². The highest BCUT2D eigenvalue weighted by Gasteiger charge is 2.28. The molecule has 1 fully saturated rings. The van der Waals surface area contributed by atoms with Gasteiger partial charge in [-0.2, -0.15) is 0 Å². The van der Waals surface area contributed by atoms with Gasteiger partial charge in [-0.1, -0.05) is 26.5 Å². The number of halogens is 1. The minimum atomic E-state index is -1.29. The number of alkyl carbamates (subject to hydrolysis) is 1. The Labute approximate surface area is 325 Å². The van der Waals surface area contributed by atoms with E-state index in [-0.39, 0.29) is 59.5 Å². The zero-order valence-corrected chi connectivity index (χ0v) is 32.1. The number of pyridine rings is 1. The van der Waals surface area contributed by atoms with E-state index in [4.69, 9.17) is 29.1 Å². The highest BCUT2D eigenvalue weighted by molar-refractivity contribution is 6.11. The first kappa shape index (κ1) is 43.6. The molecule has 16 heteroatoms. The Morgan fingerprint density at radius 1 is 0.964 bits per heavy atom. The summed E-state index contributed by atoms with van der Waals surface area (Å²) in [6.07, 6.45) is 1.43. The summed E-state index contributed by atoms with van der Waals surface area (Å²) < 4.78 is 26.4. The predicted molar refractivity (Wildman–Crippen MR) is 207 cm³/mol. The van der Waals surface area contributed by atoms with E-state index in [1.807, 2.05) is 6.92 Å². The van der Waals surface area contributed by atoms with Crippen molar-refractivity contribution in [3.05, 3.63) is 83.2 Å². The minimum absolute atomic E-state index is 0. The number of anilines is 1. The fourth-order valence-electron chi connectivity index (χ4n) is 4.95. The number of aromatic nitrogens is 1. The molecule has 1 aliphatic carbocycles. The molecule has 1 aromatic heterocycles. The monoisotopic (exact) mass is 779 g/mol. The smallest absolute Gasteiger partial charge is 0.412 e. The summed E-state index contributed by atoms with van der Waals surface area (Å²) in [7, 11) is 1.44. The van der Waals surface area contributed by atoms with Crippen molar-refractivity contribution in [2.75, 3.05) is 38.8 Å². The van der Waals surface area contributed by atoms with Crippen molar-refractivity contribution in [2.45, 2.75) is 46.8 Å². The van der Waals surface area contributed by atoms with Gasteiger partial charge >= 0.3 is 18.0 Å². The van der Waals surface area contributed by atoms with Crippen LogP contribution in [0.2, 0.25) is 0 Å². The van der Waals surface area contributed by atoms with Crippen LogP contribution in [0.15, 0.2) is 55.1 Å². The summed E-state index contributed by atoms with van der Waals surface area (Å²) in [5.74, 6) is -2.66. The number of nitrogens with zero attached hydrogens (tertiary/aromatic N) is 1. The number of benzene rings is 2. The molecule has 1 saturated carbocycles. The van der Waals surface area contributed by atoms with Gasteiger partial charge in [0.1, 0.15) is 23.9 Å². The summed E-state index contributed by atoms with van der Waals surface area (Å²) in [6.45, 7) is 11.5. The first-order valence-electron chi connectivity index (χ1n) is 17.4. The second-order valence-corrected chi connectivity index (χ2v) is 12.5. The van der Waals surface area contributed by atoms with E-state index >= 15 is 0 Å². The van der Waals surface area contributed by atoms with Crippen molar-refractivity contribution in [2.24, 2.45) is 11.8 Å². The molecule has 1 aliphatic rings.